The van der Waals surface area contributed by atoms with Gasteiger partial charge >= 0.3 is 11.9 Å². The van der Waals surface area contributed by atoms with Gasteiger partial charge in [0.1, 0.15) is 13.2 Å². The van der Waals surface area contributed by atoms with Gasteiger partial charge in [0.15, 0.2) is 21.7 Å². The first-order valence-corrected chi connectivity index (χ1v) is 14.8. The van der Waals surface area contributed by atoms with Crippen molar-refractivity contribution in [2.75, 3.05) is 19.1 Å². The van der Waals surface area contributed by atoms with Gasteiger partial charge < -0.3 is 19.3 Å². The van der Waals surface area contributed by atoms with Gasteiger partial charge in [-0.3, -0.25) is 19.6 Å². The number of carbonyl (C=O) groups excluding carboxylic acids is 1. The molecule has 0 aliphatic carbocycles. The summed E-state index contributed by atoms with van der Waals surface area (Å²) in [6, 6.07) is 18.5. The largest absolute Gasteiger partial charge is 0.481 e. The number of aromatic amines is 2. The third-order valence-corrected chi connectivity index (χ3v) is 6.38. The molecule has 0 radical (unpaired) electrons. The van der Waals surface area contributed by atoms with Crippen molar-refractivity contribution in [1.29, 1.82) is 0 Å². The van der Waals surface area contributed by atoms with E-state index in [-0.39, 0.29) is 47.9 Å². The van der Waals surface area contributed by atoms with E-state index in [9.17, 15) is 19.2 Å². The smallest absolute Gasteiger partial charge is 0.361 e. The Bertz CT molecular complexity index is 1610. The molecule has 3 N–H and O–H groups in total. The number of hydrogen-bond donors (Lipinski definition) is 3. The molecule has 14 heteroatoms. The number of benzene rings is 2. The van der Waals surface area contributed by atoms with Gasteiger partial charge in [0.25, 0.3) is 11.1 Å². The Morgan fingerprint density at radius 3 is 1.60 bits per heavy atom. The molecule has 220 valence electrons. The van der Waals surface area contributed by atoms with Crippen molar-refractivity contribution in [1.82, 2.24) is 19.9 Å². The number of carboxylic acid groups (broad SMARTS) is 1. The molecule has 0 atom stereocenters. The van der Waals surface area contributed by atoms with Gasteiger partial charge in [-0.2, -0.15) is 0 Å². The van der Waals surface area contributed by atoms with E-state index >= 15 is 0 Å². The summed E-state index contributed by atoms with van der Waals surface area (Å²) in [5.41, 5.74) is 0.124. The summed E-state index contributed by atoms with van der Waals surface area (Å²) < 4.78 is 15.8. The van der Waals surface area contributed by atoms with Crippen LogP contribution in [0, 0.1) is 0 Å². The number of aromatic nitrogens is 4. The minimum absolute atomic E-state index is 0.102. The number of carbonyl (C=O) groups is 2. The van der Waals surface area contributed by atoms with Gasteiger partial charge in [0.05, 0.1) is 6.61 Å². The monoisotopic (exact) mass is 612 g/mol. The van der Waals surface area contributed by atoms with E-state index in [1.54, 1.807) is 19.4 Å². The van der Waals surface area contributed by atoms with Gasteiger partial charge in [0.2, 0.25) is 11.5 Å². The van der Waals surface area contributed by atoms with Crippen molar-refractivity contribution < 1.29 is 28.9 Å². The fourth-order valence-electron chi connectivity index (χ4n) is 3.29. The molecule has 12 nitrogen and oxygen atoms in total. The summed E-state index contributed by atoms with van der Waals surface area (Å²) in [6.07, 6.45) is 3.44. The summed E-state index contributed by atoms with van der Waals surface area (Å²) in [6.45, 7) is 2.15. The number of ether oxygens (including phenoxy) is 3. The lowest BCUT2D eigenvalue weighted by atomic mass is 10.2. The second-order valence-corrected chi connectivity index (χ2v) is 9.67. The summed E-state index contributed by atoms with van der Waals surface area (Å²) >= 11 is 2.38. The molecule has 0 spiro atoms. The molecular weight excluding hydrogens is 584 g/mol. The van der Waals surface area contributed by atoms with Crippen molar-refractivity contribution >= 4 is 35.5 Å². The maximum absolute atomic E-state index is 12.1. The lowest BCUT2D eigenvalue weighted by Crippen LogP contribution is -2.20. The first-order chi connectivity index (χ1) is 20.3. The Balaban J connectivity index is 0.000000231. The maximum atomic E-state index is 12.1. The molecule has 4 rings (SSSR count). The zero-order chi connectivity index (χ0) is 30.5. The third kappa shape index (κ3) is 8.97. The van der Waals surface area contributed by atoms with Gasteiger partial charge in [-0.15, -0.1) is 0 Å². The summed E-state index contributed by atoms with van der Waals surface area (Å²) in [7, 11) is 0. The van der Waals surface area contributed by atoms with E-state index in [1.165, 1.54) is 11.8 Å². The molecule has 0 amide bonds. The molecule has 0 fully saturated rings. The van der Waals surface area contributed by atoms with Crippen molar-refractivity contribution in [2.24, 2.45) is 0 Å². The zero-order valence-corrected chi connectivity index (χ0v) is 24.5. The van der Waals surface area contributed by atoms with E-state index in [1.807, 2.05) is 60.7 Å². The highest BCUT2D eigenvalue weighted by molar-refractivity contribution is 7.98. The highest BCUT2D eigenvalue weighted by atomic mass is 32.2. The number of carboxylic acids is 1. The Hall–Kier alpha value is -4.56. The standard InChI is InChI=1S/C15H16N2O4S.C13H12N2O4S/c1-3-20-14(19)11-12(13(18)17-15(16-11)22-2)21-9-10-7-5-4-6-8-10;1-20-13-14-9(12(17)18)10(11(16)15-13)19-7-8-5-3-2-4-6-8/h4-8H,3,9H2,1-2H3,(H,16,17,18);2-6H,7H2,1H3,(H,17,18)(H,14,15,16). The molecule has 0 saturated carbocycles. The molecule has 0 bridgehead atoms. The fourth-order valence-corrected chi connectivity index (χ4v) is 4.04. The maximum Gasteiger partial charge on any atom is 0.361 e. The second kappa shape index (κ2) is 16.0. The molecule has 4 aromatic rings. The molecule has 0 aliphatic rings. The van der Waals surface area contributed by atoms with Crippen LogP contribution in [0.25, 0.3) is 0 Å². The molecule has 0 unspecified atom stereocenters. The number of H-pyrrole nitrogens is 2. The number of hydrogen-bond acceptors (Lipinski definition) is 11. The fraction of sp³-hybridized carbons (Fsp3) is 0.214. The average molecular weight is 613 g/mol. The lowest BCUT2D eigenvalue weighted by molar-refractivity contribution is 0.0511. The van der Waals surface area contributed by atoms with Crippen LogP contribution in [-0.4, -0.2) is 56.1 Å². The van der Waals surface area contributed by atoms with E-state index in [4.69, 9.17) is 19.3 Å². The van der Waals surface area contributed by atoms with Crippen LogP contribution in [0.15, 0.2) is 80.6 Å². The van der Waals surface area contributed by atoms with E-state index in [0.717, 1.165) is 22.9 Å². The number of nitrogens with zero attached hydrogens (tertiary/aromatic N) is 2. The van der Waals surface area contributed by atoms with E-state index in [2.05, 4.69) is 19.9 Å². The van der Waals surface area contributed by atoms with Gasteiger partial charge in [-0.25, -0.2) is 19.6 Å². The third-order valence-electron chi connectivity index (χ3n) is 5.22. The van der Waals surface area contributed by atoms with Crippen LogP contribution in [0.3, 0.4) is 0 Å². The predicted molar refractivity (Wildman–Crippen MR) is 158 cm³/mol. The van der Waals surface area contributed by atoms with Crippen LogP contribution in [0.1, 0.15) is 39.0 Å². The zero-order valence-electron chi connectivity index (χ0n) is 22.9. The Kier molecular flexibility index (Phi) is 12.2. The molecule has 2 heterocycles. The normalized spacial score (nSPS) is 10.3. The molecule has 0 saturated heterocycles. The summed E-state index contributed by atoms with van der Waals surface area (Å²) in [5.74, 6) is -2.37. The predicted octanol–water partition coefficient (Wildman–Crippen LogP) is 4.02. The Labute approximate surface area is 248 Å². The van der Waals surface area contributed by atoms with Crippen LogP contribution < -0.4 is 20.6 Å². The number of rotatable bonds is 11. The Morgan fingerprint density at radius 2 is 1.19 bits per heavy atom. The van der Waals surface area contributed by atoms with Crippen LogP contribution in [0.5, 0.6) is 11.5 Å². The minimum atomic E-state index is -1.30. The van der Waals surface area contributed by atoms with Crippen molar-refractivity contribution in [3.8, 4) is 11.5 Å². The van der Waals surface area contributed by atoms with Crippen LogP contribution >= 0.6 is 23.5 Å². The van der Waals surface area contributed by atoms with E-state index < -0.39 is 23.1 Å². The molecule has 2 aromatic heterocycles. The Morgan fingerprint density at radius 1 is 0.762 bits per heavy atom. The second-order valence-electron chi connectivity index (χ2n) is 8.08. The lowest BCUT2D eigenvalue weighted by Gasteiger charge is -2.10. The first-order valence-electron chi connectivity index (χ1n) is 12.4. The van der Waals surface area contributed by atoms with Gasteiger partial charge in [-0.1, -0.05) is 84.2 Å². The number of nitrogens with one attached hydrogen (secondary N) is 2. The van der Waals surface area contributed by atoms with Crippen molar-refractivity contribution in [3.05, 3.63) is 104 Å². The highest BCUT2D eigenvalue weighted by Gasteiger charge is 2.21. The number of aromatic carboxylic acids is 1. The molecule has 2 aromatic carbocycles. The molecular formula is C28H28N4O8S2. The topological polar surface area (TPSA) is 174 Å². The van der Waals surface area contributed by atoms with Crippen LogP contribution in [0.4, 0.5) is 0 Å². The van der Waals surface area contributed by atoms with Gasteiger partial charge in [0, 0.05) is 0 Å². The average Bonchev–Trinajstić information content (AvgIpc) is 3.00. The first kappa shape index (κ1) is 32.0. The molecule has 0 aliphatic heterocycles. The van der Waals surface area contributed by atoms with E-state index in [0.29, 0.717) is 5.16 Å². The minimum Gasteiger partial charge on any atom is -0.481 e. The SMILES string of the molecule is CCOC(=O)c1nc(SC)[nH]c(=O)c1OCc1ccccc1.CSc1nc(C(=O)O)c(OCc2ccccc2)c(=O)[nH]1. The quantitative estimate of drug-likeness (QED) is 0.126. The van der Waals surface area contributed by atoms with Crippen LogP contribution in [-0.2, 0) is 18.0 Å². The van der Waals surface area contributed by atoms with Crippen LogP contribution in [0.2, 0.25) is 0 Å². The molecule has 42 heavy (non-hydrogen) atoms. The summed E-state index contributed by atoms with van der Waals surface area (Å²) in [5, 5.41) is 9.67. The van der Waals surface area contributed by atoms with Crippen molar-refractivity contribution in [2.45, 2.75) is 30.5 Å². The highest BCUT2D eigenvalue weighted by Crippen LogP contribution is 2.18. The number of thioether (sulfide) groups is 2. The number of esters is 1. The van der Waals surface area contributed by atoms with Crippen molar-refractivity contribution in [3.63, 3.8) is 0 Å². The van der Waals surface area contributed by atoms with Gasteiger partial charge in [-0.05, 0) is 30.6 Å². The summed E-state index contributed by atoms with van der Waals surface area (Å²) in [4.78, 5) is 60.0.